The average Bonchev–Trinajstić information content (AvgIpc) is 2.38. The highest BCUT2D eigenvalue weighted by Crippen LogP contribution is 2.27. The molecule has 1 aromatic rings. The summed E-state index contributed by atoms with van der Waals surface area (Å²) >= 11 is 6.00. The number of benzene rings is 1. The van der Waals surface area contributed by atoms with Gasteiger partial charge in [-0.1, -0.05) is 11.6 Å². The first-order valence-electron chi connectivity index (χ1n) is 6.54. The second-order valence-corrected chi connectivity index (χ2v) is 5.72. The summed E-state index contributed by atoms with van der Waals surface area (Å²) in [6.07, 6.45) is 2.37. The average molecular weight is 281 g/mol. The van der Waals surface area contributed by atoms with Gasteiger partial charge in [-0.2, -0.15) is 0 Å². The topological polar surface area (TPSA) is 56.4 Å². The van der Waals surface area contributed by atoms with Gasteiger partial charge in [0.15, 0.2) is 0 Å². The van der Waals surface area contributed by atoms with Gasteiger partial charge >= 0.3 is 0 Å². The molecule has 0 aromatic heterocycles. The number of nitrogen functional groups attached to an aromatic ring is 1. The molecule has 0 saturated carbocycles. The molecule has 19 heavy (non-hydrogen) atoms. The van der Waals surface area contributed by atoms with Gasteiger partial charge in [0, 0.05) is 35.4 Å². The Bertz CT molecular complexity index is 473. The van der Waals surface area contributed by atoms with Crippen molar-refractivity contribution in [3.05, 3.63) is 28.8 Å². The van der Waals surface area contributed by atoms with E-state index in [0.717, 1.165) is 30.8 Å². The molecule has 1 fully saturated rings. The third kappa shape index (κ3) is 3.19. The fraction of sp³-hybridized carbons (Fsp3) is 0.500. The fourth-order valence-electron chi connectivity index (χ4n) is 2.59. The molecule has 3 N–H and O–H groups in total. The van der Waals surface area contributed by atoms with Crippen LogP contribution in [0.1, 0.15) is 18.4 Å². The Morgan fingerprint density at radius 1 is 1.47 bits per heavy atom. The fourth-order valence-corrected chi connectivity index (χ4v) is 2.77. The van der Waals surface area contributed by atoms with Crippen LogP contribution in [0.25, 0.3) is 0 Å². The van der Waals surface area contributed by atoms with Crippen molar-refractivity contribution in [1.82, 2.24) is 4.90 Å². The van der Waals surface area contributed by atoms with Crippen LogP contribution in [0.3, 0.4) is 0 Å². The van der Waals surface area contributed by atoms with Crippen LogP contribution in [0.4, 0.5) is 5.69 Å². The first-order valence-corrected chi connectivity index (χ1v) is 6.92. The summed E-state index contributed by atoms with van der Waals surface area (Å²) in [5, 5.41) is 8.33. The molecule has 1 aliphatic rings. The molecule has 0 amide bonds. The number of likely N-dealkylation sites (N-methyl/N-ethyl adjacent to an activating group) is 1. The smallest absolute Gasteiger partial charge is 0.124 e. The minimum Gasteiger partial charge on any atom is -0.384 e. The summed E-state index contributed by atoms with van der Waals surface area (Å²) in [7, 11) is 4.23. The first-order chi connectivity index (χ1) is 8.99. The van der Waals surface area contributed by atoms with E-state index in [9.17, 15) is 0 Å². The second-order valence-electron chi connectivity index (χ2n) is 5.28. The molecule has 1 aromatic carbocycles. The lowest BCUT2D eigenvalue weighted by Gasteiger charge is -2.38. The third-order valence-electron chi connectivity index (χ3n) is 3.72. The van der Waals surface area contributed by atoms with Crippen molar-refractivity contribution in [2.75, 3.05) is 32.1 Å². The number of anilines is 1. The Morgan fingerprint density at radius 3 is 2.84 bits per heavy atom. The molecule has 1 heterocycles. The van der Waals surface area contributed by atoms with Crippen LogP contribution < -0.4 is 10.6 Å². The van der Waals surface area contributed by atoms with Crippen molar-refractivity contribution in [3.63, 3.8) is 0 Å². The molecule has 4 nitrogen and oxygen atoms in total. The Balaban J connectivity index is 2.28. The van der Waals surface area contributed by atoms with E-state index in [1.54, 1.807) is 6.07 Å². The van der Waals surface area contributed by atoms with E-state index < -0.39 is 0 Å². The number of nitrogens with two attached hydrogens (primary N) is 1. The number of amidine groups is 1. The Labute approximate surface area is 119 Å². The lowest BCUT2D eigenvalue weighted by Crippen LogP contribution is -2.45. The molecular weight excluding hydrogens is 260 g/mol. The SMILES string of the molecule is CN(C)C1CCCN(c2ccc(Cl)cc2C(=N)N)C1. The zero-order chi connectivity index (χ0) is 14.0. The number of halogens is 1. The molecule has 1 unspecified atom stereocenters. The lowest BCUT2D eigenvalue weighted by atomic mass is 10.0. The summed E-state index contributed by atoms with van der Waals surface area (Å²) in [6, 6.07) is 6.15. The van der Waals surface area contributed by atoms with Gasteiger partial charge in [-0.15, -0.1) is 0 Å². The highest BCUT2D eigenvalue weighted by Gasteiger charge is 2.23. The van der Waals surface area contributed by atoms with E-state index in [2.05, 4.69) is 23.9 Å². The first kappa shape index (κ1) is 14.2. The zero-order valence-electron chi connectivity index (χ0n) is 11.5. The van der Waals surface area contributed by atoms with Crippen LogP contribution in [0.2, 0.25) is 5.02 Å². The molecule has 0 radical (unpaired) electrons. The van der Waals surface area contributed by atoms with Gasteiger partial charge < -0.3 is 15.5 Å². The van der Waals surface area contributed by atoms with Crippen LogP contribution in [-0.4, -0.2) is 44.0 Å². The number of nitrogens with zero attached hydrogens (tertiary/aromatic N) is 2. The molecule has 0 aliphatic carbocycles. The standard InChI is InChI=1S/C14H21ClN4/c1-18(2)11-4-3-7-19(9-11)13-6-5-10(15)8-12(13)14(16)17/h5-6,8,11H,3-4,7,9H2,1-2H3,(H3,16,17). The Morgan fingerprint density at radius 2 is 2.21 bits per heavy atom. The van der Waals surface area contributed by atoms with Crippen molar-refractivity contribution < 1.29 is 0 Å². The van der Waals surface area contributed by atoms with E-state index in [0.29, 0.717) is 11.1 Å². The van der Waals surface area contributed by atoms with Crippen LogP contribution in [-0.2, 0) is 0 Å². The highest BCUT2D eigenvalue weighted by atomic mass is 35.5. The summed E-state index contributed by atoms with van der Waals surface area (Å²) in [5.74, 6) is 0.0736. The van der Waals surface area contributed by atoms with E-state index in [-0.39, 0.29) is 5.84 Å². The lowest BCUT2D eigenvalue weighted by molar-refractivity contribution is 0.258. The van der Waals surface area contributed by atoms with Crippen LogP contribution in [0.5, 0.6) is 0 Å². The van der Waals surface area contributed by atoms with Gasteiger partial charge in [-0.3, -0.25) is 5.41 Å². The maximum absolute atomic E-state index is 7.71. The maximum Gasteiger partial charge on any atom is 0.124 e. The van der Waals surface area contributed by atoms with Crippen LogP contribution in [0.15, 0.2) is 18.2 Å². The van der Waals surface area contributed by atoms with Crippen LogP contribution >= 0.6 is 11.6 Å². The normalized spacial score (nSPS) is 19.8. The molecule has 104 valence electrons. The highest BCUT2D eigenvalue weighted by molar-refractivity contribution is 6.31. The van der Waals surface area contributed by atoms with E-state index in [4.69, 9.17) is 22.7 Å². The van der Waals surface area contributed by atoms with Crippen molar-refractivity contribution in [2.45, 2.75) is 18.9 Å². The van der Waals surface area contributed by atoms with Crippen molar-refractivity contribution in [2.24, 2.45) is 5.73 Å². The number of piperidine rings is 1. The Kier molecular flexibility index (Phi) is 4.32. The molecule has 1 aliphatic heterocycles. The minimum atomic E-state index is 0.0736. The summed E-state index contributed by atoms with van der Waals surface area (Å²) in [5.41, 5.74) is 7.42. The molecule has 2 rings (SSSR count). The van der Waals surface area contributed by atoms with Gasteiger partial charge in [-0.05, 0) is 45.1 Å². The van der Waals surface area contributed by atoms with Gasteiger partial charge in [0.25, 0.3) is 0 Å². The van der Waals surface area contributed by atoms with E-state index in [1.165, 1.54) is 6.42 Å². The van der Waals surface area contributed by atoms with Gasteiger partial charge in [0.1, 0.15) is 5.84 Å². The third-order valence-corrected chi connectivity index (χ3v) is 3.95. The minimum absolute atomic E-state index is 0.0736. The quantitative estimate of drug-likeness (QED) is 0.659. The number of hydrogen-bond donors (Lipinski definition) is 2. The predicted molar refractivity (Wildman–Crippen MR) is 81.4 cm³/mol. The zero-order valence-corrected chi connectivity index (χ0v) is 12.2. The predicted octanol–water partition coefficient (Wildman–Crippen LogP) is 2.15. The number of nitrogens with one attached hydrogen (secondary N) is 1. The van der Waals surface area contributed by atoms with E-state index >= 15 is 0 Å². The monoisotopic (exact) mass is 280 g/mol. The largest absolute Gasteiger partial charge is 0.384 e. The number of rotatable bonds is 3. The van der Waals surface area contributed by atoms with Crippen molar-refractivity contribution >= 4 is 23.1 Å². The summed E-state index contributed by atoms with van der Waals surface area (Å²) < 4.78 is 0. The van der Waals surface area contributed by atoms with Gasteiger partial charge in [-0.25, -0.2) is 0 Å². The molecule has 1 atom stereocenters. The van der Waals surface area contributed by atoms with E-state index in [1.807, 2.05) is 12.1 Å². The second kappa shape index (κ2) is 5.80. The van der Waals surface area contributed by atoms with Crippen molar-refractivity contribution in [1.29, 1.82) is 5.41 Å². The molecule has 5 heteroatoms. The van der Waals surface area contributed by atoms with Crippen molar-refractivity contribution in [3.8, 4) is 0 Å². The number of hydrogen-bond acceptors (Lipinski definition) is 3. The molecular formula is C14H21ClN4. The van der Waals surface area contributed by atoms with Crippen LogP contribution in [0, 0.1) is 5.41 Å². The molecule has 0 spiro atoms. The maximum atomic E-state index is 7.71. The molecule has 0 bridgehead atoms. The van der Waals surface area contributed by atoms with Gasteiger partial charge in [0.05, 0.1) is 0 Å². The summed E-state index contributed by atoms with van der Waals surface area (Å²) in [4.78, 5) is 4.57. The van der Waals surface area contributed by atoms with Gasteiger partial charge in [0.2, 0.25) is 0 Å². The summed E-state index contributed by atoms with van der Waals surface area (Å²) in [6.45, 7) is 1.97. The Hall–Kier alpha value is -1.26. The molecule has 1 saturated heterocycles.